The molecular formula is C14H12BrCl2N. The van der Waals surface area contributed by atoms with Gasteiger partial charge in [0.05, 0.1) is 6.04 Å². The molecule has 0 fully saturated rings. The monoisotopic (exact) mass is 343 g/mol. The van der Waals surface area contributed by atoms with Crippen LogP contribution in [0.15, 0.2) is 40.9 Å². The third-order valence-electron chi connectivity index (χ3n) is 2.87. The van der Waals surface area contributed by atoms with Crippen molar-refractivity contribution >= 4 is 39.1 Å². The van der Waals surface area contributed by atoms with Gasteiger partial charge in [-0.05, 0) is 53.9 Å². The van der Waals surface area contributed by atoms with E-state index < -0.39 is 0 Å². The lowest BCUT2D eigenvalue weighted by Crippen LogP contribution is -2.13. The van der Waals surface area contributed by atoms with Gasteiger partial charge in [-0.2, -0.15) is 0 Å². The molecule has 1 atom stereocenters. The van der Waals surface area contributed by atoms with Gasteiger partial charge in [0, 0.05) is 14.5 Å². The maximum atomic E-state index is 6.29. The van der Waals surface area contributed by atoms with Gasteiger partial charge in [0.15, 0.2) is 0 Å². The second-order valence-electron chi connectivity index (χ2n) is 4.14. The Hall–Kier alpha value is -0.540. The van der Waals surface area contributed by atoms with Crippen LogP contribution in [0.25, 0.3) is 0 Å². The third kappa shape index (κ3) is 2.89. The van der Waals surface area contributed by atoms with Gasteiger partial charge in [-0.3, -0.25) is 0 Å². The number of hydrogen-bond acceptors (Lipinski definition) is 1. The lowest BCUT2D eigenvalue weighted by Gasteiger charge is -2.17. The van der Waals surface area contributed by atoms with Crippen molar-refractivity contribution in [1.29, 1.82) is 0 Å². The first kappa shape index (κ1) is 13.9. The molecule has 18 heavy (non-hydrogen) atoms. The molecule has 2 N–H and O–H groups in total. The van der Waals surface area contributed by atoms with Gasteiger partial charge in [-0.1, -0.05) is 45.2 Å². The van der Waals surface area contributed by atoms with Gasteiger partial charge in [-0.25, -0.2) is 0 Å². The van der Waals surface area contributed by atoms with E-state index in [2.05, 4.69) is 15.9 Å². The van der Waals surface area contributed by atoms with E-state index in [9.17, 15) is 0 Å². The molecule has 2 aromatic rings. The summed E-state index contributed by atoms with van der Waals surface area (Å²) in [6.45, 7) is 2.03. The van der Waals surface area contributed by atoms with Crippen LogP contribution in [0.1, 0.15) is 22.7 Å². The molecule has 0 saturated carbocycles. The number of rotatable bonds is 2. The van der Waals surface area contributed by atoms with Crippen molar-refractivity contribution in [1.82, 2.24) is 0 Å². The Kier molecular flexibility index (Phi) is 4.33. The summed E-state index contributed by atoms with van der Waals surface area (Å²) >= 11 is 15.6. The minimum absolute atomic E-state index is 0.284. The quantitative estimate of drug-likeness (QED) is 0.804. The normalized spacial score (nSPS) is 12.5. The Bertz CT molecular complexity index is 533. The van der Waals surface area contributed by atoms with Crippen LogP contribution in [0.2, 0.25) is 10.0 Å². The first-order valence-electron chi connectivity index (χ1n) is 5.45. The molecule has 0 aliphatic rings. The highest BCUT2D eigenvalue weighted by molar-refractivity contribution is 9.10. The third-order valence-corrected chi connectivity index (χ3v) is 3.94. The highest BCUT2D eigenvalue weighted by Gasteiger charge is 2.15. The summed E-state index contributed by atoms with van der Waals surface area (Å²) in [5.74, 6) is 0. The van der Waals surface area contributed by atoms with Crippen molar-refractivity contribution in [3.63, 3.8) is 0 Å². The fraction of sp³-hybridized carbons (Fsp3) is 0.143. The van der Waals surface area contributed by atoms with Crippen LogP contribution in [0.5, 0.6) is 0 Å². The Labute approximate surface area is 125 Å². The van der Waals surface area contributed by atoms with Crippen molar-refractivity contribution in [3.05, 3.63) is 67.6 Å². The number of halogens is 3. The fourth-order valence-electron chi connectivity index (χ4n) is 1.87. The summed E-state index contributed by atoms with van der Waals surface area (Å²) in [6.07, 6.45) is 0. The first-order chi connectivity index (χ1) is 8.49. The molecule has 0 radical (unpaired) electrons. The standard InChI is InChI=1S/C14H12BrCl2N/c1-8-2-3-9(15)6-11(8)14(18)12-7-10(16)4-5-13(12)17/h2-7,14H,18H2,1H3. The number of hydrogen-bond donors (Lipinski definition) is 1. The molecular weight excluding hydrogens is 333 g/mol. The second-order valence-corrected chi connectivity index (χ2v) is 5.90. The van der Waals surface area contributed by atoms with E-state index in [1.165, 1.54) is 0 Å². The predicted octanol–water partition coefficient (Wildman–Crippen LogP) is 5.11. The van der Waals surface area contributed by atoms with Crippen molar-refractivity contribution in [3.8, 4) is 0 Å². The van der Waals surface area contributed by atoms with Gasteiger partial charge in [0.1, 0.15) is 0 Å². The molecule has 0 aromatic heterocycles. The average molecular weight is 345 g/mol. The Morgan fingerprint density at radius 3 is 2.50 bits per heavy atom. The lowest BCUT2D eigenvalue weighted by atomic mass is 9.96. The van der Waals surface area contributed by atoms with E-state index in [-0.39, 0.29) is 6.04 Å². The van der Waals surface area contributed by atoms with E-state index >= 15 is 0 Å². The van der Waals surface area contributed by atoms with Gasteiger partial charge in [0.25, 0.3) is 0 Å². The molecule has 4 heteroatoms. The van der Waals surface area contributed by atoms with Crippen LogP contribution < -0.4 is 5.73 Å². The van der Waals surface area contributed by atoms with Crippen LogP contribution in [-0.4, -0.2) is 0 Å². The summed E-state index contributed by atoms with van der Waals surface area (Å²) < 4.78 is 0.997. The largest absolute Gasteiger partial charge is 0.320 e. The molecule has 94 valence electrons. The molecule has 0 heterocycles. The molecule has 2 aromatic carbocycles. The zero-order chi connectivity index (χ0) is 13.3. The Morgan fingerprint density at radius 2 is 1.78 bits per heavy atom. The summed E-state index contributed by atoms with van der Waals surface area (Å²) in [6, 6.07) is 11.1. The summed E-state index contributed by atoms with van der Waals surface area (Å²) in [5, 5.41) is 1.27. The summed E-state index contributed by atoms with van der Waals surface area (Å²) in [5.41, 5.74) is 9.29. The van der Waals surface area contributed by atoms with E-state index in [0.29, 0.717) is 10.0 Å². The maximum Gasteiger partial charge on any atom is 0.0569 e. The van der Waals surface area contributed by atoms with Crippen molar-refractivity contribution in [2.75, 3.05) is 0 Å². The molecule has 0 spiro atoms. The van der Waals surface area contributed by atoms with Crippen molar-refractivity contribution in [2.45, 2.75) is 13.0 Å². The molecule has 0 bridgehead atoms. The first-order valence-corrected chi connectivity index (χ1v) is 7.00. The zero-order valence-electron chi connectivity index (χ0n) is 9.75. The highest BCUT2D eigenvalue weighted by atomic mass is 79.9. The number of aryl methyl sites for hydroxylation is 1. The zero-order valence-corrected chi connectivity index (χ0v) is 12.9. The van der Waals surface area contributed by atoms with Crippen LogP contribution in [0.4, 0.5) is 0 Å². The topological polar surface area (TPSA) is 26.0 Å². The lowest BCUT2D eigenvalue weighted by molar-refractivity contribution is 0.861. The molecule has 2 rings (SSSR count). The Morgan fingerprint density at radius 1 is 1.06 bits per heavy atom. The average Bonchev–Trinajstić information content (AvgIpc) is 2.34. The SMILES string of the molecule is Cc1ccc(Br)cc1C(N)c1cc(Cl)ccc1Cl. The van der Waals surface area contributed by atoms with Gasteiger partial charge < -0.3 is 5.73 Å². The molecule has 0 amide bonds. The van der Waals surface area contributed by atoms with Crippen LogP contribution in [0, 0.1) is 6.92 Å². The molecule has 0 saturated heterocycles. The summed E-state index contributed by atoms with van der Waals surface area (Å²) in [4.78, 5) is 0. The van der Waals surface area contributed by atoms with Crippen LogP contribution >= 0.6 is 39.1 Å². The minimum atomic E-state index is -0.284. The minimum Gasteiger partial charge on any atom is -0.320 e. The van der Waals surface area contributed by atoms with Gasteiger partial charge in [0.2, 0.25) is 0 Å². The molecule has 1 unspecified atom stereocenters. The molecule has 1 nitrogen and oxygen atoms in total. The van der Waals surface area contributed by atoms with E-state index in [0.717, 1.165) is 21.2 Å². The van der Waals surface area contributed by atoms with Crippen LogP contribution in [-0.2, 0) is 0 Å². The van der Waals surface area contributed by atoms with Crippen molar-refractivity contribution < 1.29 is 0 Å². The van der Waals surface area contributed by atoms with Crippen LogP contribution in [0.3, 0.4) is 0 Å². The number of benzene rings is 2. The van der Waals surface area contributed by atoms with Crippen molar-refractivity contribution in [2.24, 2.45) is 5.73 Å². The highest BCUT2D eigenvalue weighted by Crippen LogP contribution is 2.31. The second kappa shape index (κ2) is 5.62. The van der Waals surface area contributed by atoms with Gasteiger partial charge in [-0.15, -0.1) is 0 Å². The van der Waals surface area contributed by atoms with Gasteiger partial charge >= 0.3 is 0 Å². The number of nitrogens with two attached hydrogens (primary N) is 1. The molecule has 0 aliphatic carbocycles. The predicted molar refractivity (Wildman–Crippen MR) is 81.4 cm³/mol. The summed E-state index contributed by atoms with van der Waals surface area (Å²) in [7, 11) is 0. The fourth-order valence-corrected chi connectivity index (χ4v) is 2.66. The van der Waals surface area contributed by atoms with E-state index in [4.69, 9.17) is 28.9 Å². The van der Waals surface area contributed by atoms with E-state index in [1.54, 1.807) is 12.1 Å². The van der Waals surface area contributed by atoms with E-state index in [1.807, 2.05) is 31.2 Å². The Balaban J connectivity index is 2.50. The smallest absolute Gasteiger partial charge is 0.0569 e. The molecule has 0 aliphatic heterocycles. The maximum absolute atomic E-state index is 6.29.